The zero-order chi connectivity index (χ0) is 32.2. The van der Waals surface area contributed by atoms with E-state index < -0.39 is 9.04 Å². The summed E-state index contributed by atoms with van der Waals surface area (Å²) in [5, 5.41) is 2.43. The van der Waals surface area contributed by atoms with Crippen LogP contribution in [0.4, 0.5) is 0 Å². The second-order valence-electron chi connectivity index (χ2n) is 13.2. The van der Waals surface area contributed by atoms with Crippen LogP contribution in [0.3, 0.4) is 0 Å². The van der Waals surface area contributed by atoms with Gasteiger partial charge in [-0.2, -0.15) is 0 Å². The molecular weight excluding hydrogens is 595 g/mol. The van der Waals surface area contributed by atoms with E-state index in [2.05, 4.69) is 130 Å². The van der Waals surface area contributed by atoms with Gasteiger partial charge < -0.3 is 13.6 Å². The molecule has 1 aromatic heterocycles. The third-order valence-electron chi connectivity index (χ3n) is 8.89. The van der Waals surface area contributed by atoms with Crippen LogP contribution < -0.4 is 10.4 Å². The summed E-state index contributed by atoms with van der Waals surface area (Å²) in [5.41, 5.74) is 5.26. The Bertz CT molecular complexity index is 1790. The van der Waals surface area contributed by atoms with E-state index in [4.69, 9.17) is 18.6 Å². The quantitative estimate of drug-likeness (QED) is 0.149. The largest absolute Gasteiger partial charge is 0.437 e. The minimum atomic E-state index is -1.63. The number of nitrogens with zero attached hydrogens (tertiary/aromatic N) is 1. The molecule has 1 radical (unpaired) electrons. The lowest BCUT2D eigenvalue weighted by atomic mass is 9.83. The van der Waals surface area contributed by atoms with Crippen LogP contribution in [0.1, 0.15) is 56.4 Å². The fraction of sp³-hybridized carbons (Fsp3) is 0.214. The van der Waals surface area contributed by atoms with Gasteiger partial charge in [0.15, 0.2) is 5.76 Å². The van der Waals surface area contributed by atoms with Gasteiger partial charge in [0.1, 0.15) is 11.8 Å². The molecule has 0 N–H and O–H groups in total. The van der Waals surface area contributed by atoms with Crippen molar-refractivity contribution in [1.29, 1.82) is 0 Å². The summed E-state index contributed by atoms with van der Waals surface area (Å²) in [5.74, 6) is 1.34. The first-order valence-corrected chi connectivity index (χ1v) is 17.8. The van der Waals surface area contributed by atoms with Crippen LogP contribution in [0, 0.1) is 5.92 Å². The summed E-state index contributed by atoms with van der Waals surface area (Å²) in [7, 11) is -1.63. The lowest BCUT2D eigenvalue weighted by Gasteiger charge is -2.32. The normalized spacial score (nSPS) is 17.2. The van der Waals surface area contributed by atoms with Gasteiger partial charge in [0.25, 0.3) is 9.04 Å². The monoisotopic (exact) mass is 634 g/mol. The molecule has 1 saturated heterocycles. The summed E-state index contributed by atoms with van der Waals surface area (Å²) in [6.45, 7) is 7.39. The molecule has 2 heterocycles. The maximum absolute atomic E-state index is 7.47. The fourth-order valence-electron chi connectivity index (χ4n) is 6.40. The maximum Gasteiger partial charge on any atom is 0.283 e. The summed E-state index contributed by atoms with van der Waals surface area (Å²) in [6, 6.07) is 50.7. The third-order valence-corrected chi connectivity index (χ3v) is 11.1. The predicted molar refractivity (Wildman–Crippen MR) is 191 cm³/mol. The highest BCUT2D eigenvalue weighted by molar-refractivity contribution is 6.80. The SMILES string of the molecule is CC(C)(C)c1cccc(C(O[Si](c2ccccc2)c2ccccc2)C2CCOC2c2nc(-c3ccccc3)c(-c3ccccc3)o2)c1. The zero-order valence-electron chi connectivity index (χ0n) is 27.2. The van der Waals surface area contributed by atoms with Crippen molar-refractivity contribution < 1.29 is 13.6 Å². The molecule has 1 aliphatic heterocycles. The molecule has 0 saturated carbocycles. The summed E-state index contributed by atoms with van der Waals surface area (Å²) < 4.78 is 20.8. The molecule has 1 aliphatic rings. The molecule has 4 nitrogen and oxygen atoms in total. The van der Waals surface area contributed by atoms with Gasteiger partial charge >= 0.3 is 0 Å². The first-order valence-electron chi connectivity index (χ1n) is 16.4. The summed E-state index contributed by atoms with van der Waals surface area (Å²) in [6.07, 6.45) is 0.219. The molecule has 0 spiro atoms. The average molecular weight is 635 g/mol. The lowest BCUT2D eigenvalue weighted by molar-refractivity contribution is 0.0268. The predicted octanol–water partition coefficient (Wildman–Crippen LogP) is 8.95. The minimum absolute atomic E-state index is 0.00346. The second kappa shape index (κ2) is 13.7. The van der Waals surface area contributed by atoms with Crippen LogP contribution in [0.5, 0.6) is 0 Å². The molecule has 7 rings (SSSR count). The molecule has 6 aromatic rings. The van der Waals surface area contributed by atoms with Crippen molar-refractivity contribution in [3.63, 3.8) is 0 Å². The molecule has 5 heteroatoms. The Morgan fingerprint density at radius 2 is 1.28 bits per heavy atom. The highest BCUT2D eigenvalue weighted by Gasteiger charge is 2.42. The topological polar surface area (TPSA) is 44.5 Å². The third kappa shape index (κ3) is 6.79. The molecule has 3 atom stereocenters. The Balaban J connectivity index is 1.34. The maximum atomic E-state index is 7.47. The first kappa shape index (κ1) is 31.1. The lowest BCUT2D eigenvalue weighted by Crippen LogP contribution is -2.46. The van der Waals surface area contributed by atoms with Gasteiger partial charge in [0.2, 0.25) is 5.89 Å². The first-order chi connectivity index (χ1) is 23.0. The summed E-state index contributed by atoms with van der Waals surface area (Å²) >= 11 is 0. The highest BCUT2D eigenvalue weighted by atomic mass is 28.3. The molecular formula is C42H40NO3Si. The zero-order valence-corrected chi connectivity index (χ0v) is 28.2. The number of hydrogen-bond donors (Lipinski definition) is 0. The van der Waals surface area contributed by atoms with Crippen molar-refractivity contribution in [2.24, 2.45) is 5.92 Å². The molecule has 0 amide bonds. The molecule has 0 aliphatic carbocycles. The van der Waals surface area contributed by atoms with Crippen molar-refractivity contribution >= 4 is 19.4 Å². The van der Waals surface area contributed by atoms with E-state index in [1.165, 1.54) is 15.9 Å². The van der Waals surface area contributed by atoms with E-state index in [1.807, 2.05) is 36.4 Å². The van der Waals surface area contributed by atoms with Crippen molar-refractivity contribution in [3.05, 3.63) is 163 Å². The minimum Gasteiger partial charge on any atom is -0.437 e. The molecule has 47 heavy (non-hydrogen) atoms. The van der Waals surface area contributed by atoms with E-state index in [9.17, 15) is 0 Å². The number of rotatable bonds is 9. The van der Waals surface area contributed by atoms with Gasteiger partial charge in [-0.1, -0.05) is 166 Å². The van der Waals surface area contributed by atoms with Crippen LogP contribution in [0.2, 0.25) is 0 Å². The van der Waals surface area contributed by atoms with Gasteiger partial charge in [-0.25, -0.2) is 4.98 Å². The number of ether oxygens (including phenoxy) is 1. The number of hydrogen-bond acceptors (Lipinski definition) is 4. The molecule has 235 valence electrons. The van der Waals surface area contributed by atoms with Gasteiger partial charge in [-0.3, -0.25) is 0 Å². The Labute approximate surface area is 279 Å². The van der Waals surface area contributed by atoms with Crippen LogP contribution >= 0.6 is 0 Å². The van der Waals surface area contributed by atoms with Crippen molar-refractivity contribution in [2.75, 3.05) is 6.61 Å². The fourth-order valence-corrected chi connectivity index (χ4v) is 8.56. The highest BCUT2D eigenvalue weighted by Crippen LogP contribution is 2.46. The van der Waals surface area contributed by atoms with Crippen LogP contribution in [-0.4, -0.2) is 20.6 Å². The Morgan fingerprint density at radius 1 is 0.702 bits per heavy atom. The Kier molecular flexibility index (Phi) is 9.03. The average Bonchev–Trinajstić information content (AvgIpc) is 3.78. The van der Waals surface area contributed by atoms with Crippen LogP contribution in [0.25, 0.3) is 22.6 Å². The van der Waals surface area contributed by atoms with Gasteiger partial charge in [0.05, 0.1) is 6.10 Å². The second-order valence-corrected chi connectivity index (χ2v) is 15.2. The van der Waals surface area contributed by atoms with Gasteiger partial charge in [0, 0.05) is 23.7 Å². The Morgan fingerprint density at radius 3 is 1.87 bits per heavy atom. The van der Waals surface area contributed by atoms with Crippen molar-refractivity contribution in [1.82, 2.24) is 4.98 Å². The van der Waals surface area contributed by atoms with Gasteiger partial charge in [-0.15, -0.1) is 0 Å². The van der Waals surface area contributed by atoms with E-state index in [-0.39, 0.29) is 23.5 Å². The van der Waals surface area contributed by atoms with Crippen molar-refractivity contribution in [2.45, 2.75) is 44.8 Å². The van der Waals surface area contributed by atoms with Crippen molar-refractivity contribution in [3.8, 4) is 22.6 Å². The molecule has 3 unspecified atom stereocenters. The van der Waals surface area contributed by atoms with Gasteiger partial charge in [-0.05, 0) is 33.3 Å². The smallest absolute Gasteiger partial charge is 0.283 e. The standard InChI is InChI=1S/C42H40NO3Si/c1-42(2,3)33-22-16-21-32(29-33)38(46-47(34-23-12-6-13-24-34)35-25-14-7-15-26-35)36-27-28-44-40(36)41-43-37(30-17-8-4-9-18-30)39(45-41)31-19-10-5-11-20-31/h4-26,29,36,38,40H,27-28H2,1-3H3. The molecule has 5 aromatic carbocycles. The van der Waals surface area contributed by atoms with E-state index >= 15 is 0 Å². The molecule has 1 fully saturated rings. The number of aromatic nitrogens is 1. The van der Waals surface area contributed by atoms with E-state index in [1.54, 1.807) is 0 Å². The molecule has 0 bridgehead atoms. The van der Waals surface area contributed by atoms with Crippen LogP contribution in [-0.2, 0) is 14.6 Å². The Hall–Kier alpha value is -4.55. The number of benzene rings is 5. The summed E-state index contributed by atoms with van der Waals surface area (Å²) in [4.78, 5) is 5.18. The van der Waals surface area contributed by atoms with E-state index in [0.717, 1.165) is 34.6 Å². The number of oxazole rings is 1. The van der Waals surface area contributed by atoms with Crippen LogP contribution in [0.15, 0.2) is 150 Å². The van der Waals surface area contributed by atoms with E-state index in [0.29, 0.717) is 12.5 Å².